The largest absolute Gasteiger partial charge is 0.454 e. The Morgan fingerprint density at radius 1 is 1.25 bits per heavy atom. The summed E-state index contributed by atoms with van der Waals surface area (Å²) in [4.78, 5) is 15.3. The van der Waals surface area contributed by atoms with Crippen molar-refractivity contribution in [3.05, 3.63) is 29.5 Å². The molecule has 152 valence electrons. The highest BCUT2D eigenvalue weighted by Gasteiger charge is 2.24. The molecule has 0 spiro atoms. The maximum absolute atomic E-state index is 12.9. The van der Waals surface area contributed by atoms with Crippen molar-refractivity contribution in [1.82, 2.24) is 15.4 Å². The Morgan fingerprint density at radius 2 is 2.00 bits per heavy atom. The fraction of sp³-hybridized carbons (Fsp3) is 0.524. The standard InChI is InChI=1S/C21H29N3O4/c1-5-24(6-2)11-7-8-14(3)22-21(25)19-15(4)23-28-20(19)16-9-10-17-18(12-16)27-13-26-17/h9-10,12,14H,5-8,11,13H2,1-4H3,(H,22,25)/t14-/m0/s1. The van der Waals surface area contributed by atoms with E-state index in [0.717, 1.165) is 38.0 Å². The molecule has 0 saturated carbocycles. The van der Waals surface area contributed by atoms with Crippen LogP contribution in [0.5, 0.6) is 11.5 Å². The Morgan fingerprint density at radius 3 is 2.75 bits per heavy atom. The maximum atomic E-state index is 12.9. The zero-order chi connectivity index (χ0) is 20.1. The van der Waals surface area contributed by atoms with Gasteiger partial charge >= 0.3 is 0 Å². The molecule has 2 aromatic rings. The summed E-state index contributed by atoms with van der Waals surface area (Å²) >= 11 is 0. The average Bonchev–Trinajstić information content (AvgIpc) is 3.30. The van der Waals surface area contributed by atoms with E-state index >= 15 is 0 Å². The summed E-state index contributed by atoms with van der Waals surface area (Å²) in [5.41, 5.74) is 1.78. The van der Waals surface area contributed by atoms with Crippen molar-refractivity contribution in [2.75, 3.05) is 26.4 Å². The fourth-order valence-electron chi connectivity index (χ4n) is 3.40. The minimum absolute atomic E-state index is 0.0713. The number of carbonyl (C=O) groups excluding carboxylic acids is 1. The minimum Gasteiger partial charge on any atom is -0.454 e. The van der Waals surface area contributed by atoms with Crippen LogP contribution in [-0.4, -0.2) is 48.4 Å². The Labute approximate surface area is 166 Å². The first-order chi connectivity index (χ1) is 13.5. The number of nitrogens with one attached hydrogen (secondary N) is 1. The van der Waals surface area contributed by atoms with E-state index in [-0.39, 0.29) is 18.7 Å². The number of aromatic nitrogens is 1. The van der Waals surface area contributed by atoms with Crippen LogP contribution in [-0.2, 0) is 0 Å². The van der Waals surface area contributed by atoms with Crippen LogP contribution in [0.25, 0.3) is 11.3 Å². The molecule has 7 nitrogen and oxygen atoms in total. The van der Waals surface area contributed by atoms with Crippen molar-refractivity contribution >= 4 is 5.91 Å². The maximum Gasteiger partial charge on any atom is 0.257 e. The second-order valence-electron chi connectivity index (χ2n) is 7.08. The van der Waals surface area contributed by atoms with Gasteiger partial charge in [-0.1, -0.05) is 19.0 Å². The summed E-state index contributed by atoms with van der Waals surface area (Å²) in [5, 5.41) is 7.09. The molecular formula is C21H29N3O4. The summed E-state index contributed by atoms with van der Waals surface area (Å²) in [6, 6.07) is 5.54. The van der Waals surface area contributed by atoms with Gasteiger partial charge in [0.2, 0.25) is 6.79 Å². The number of amides is 1. The number of ether oxygens (including phenoxy) is 2. The van der Waals surface area contributed by atoms with Crippen LogP contribution in [0.2, 0.25) is 0 Å². The lowest BCUT2D eigenvalue weighted by Gasteiger charge is -2.19. The van der Waals surface area contributed by atoms with E-state index in [9.17, 15) is 4.79 Å². The van der Waals surface area contributed by atoms with Crippen molar-refractivity contribution in [2.24, 2.45) is 0 Å². The van der Waals surface area contributed by atoms with Gasteiger partial charge in [-0.25, -0.2) is 0 Å². The lowest BCUT2D eigenvalue weighted by molar-refractivity contribution is 0.0937. The van der Waals surface area contributed by atoms with Crippen LogP contribution in [0.4, 0.5) is 0 Å². The van der Waals surface area contributed by atoms with E-state index in [4.69, 9.17) is 14.0 Å². The van der Waals surface area contributed by atoms with Gasteiger partial charge in [-0.3, -0.25) is 4.79 Å². The van der Waals surface area contributed by atoms with E-state index in [1.165, 1.54) is 0 Å². The SMILES string of the molecule is CCN(CC)CCC[C@H](C)NC(=O)c1c(C)noc1-c1ccc2c(c1)OCO2. The Kier molecular flexibility index (Phi) is 6.57. The van der Waals surface area contributed by atoms with Gasteiger partial charge in [0, 0.05) is 11.6 Å². The molecule has 7 heteroatoms. The summed E-state index contributed by atoms with van der Waals surface area (Å²) < 4.78 is 16.2. The summed E-state index contributed by atoms with van der Waals surface area (Å²) in [6.07, 6.45) is 1.96. The quantitative estimate of drug-likeness (QED) is 0.708. The van der Waals surface area contributed by atoms with Gasteiger partial charge in [0.15, 0.2) is 17.3 Å². The molecule has 1 aromatic carbocycles. The monoisotopic (exact) mass is 387 g/mol. The highest BCUT2D eigenvalue weighted by molar-refractivity contribution is 6.00. The predicted molar refractivity (Wildman–Crippen MR) is 107 cm³/mol. The highest BCUT2D eigenvalue weighted by atomic mass is 16.7. The Hall–Kier alpha value is -2.54. The van der Waals surface area contributed by atoms with E-state index in [2.05, 4.69) is 29.2 Å². The summed E-state index contributed by atoms with van der Waals surface area (Å²) in [5.74, 6) is 1.61. The van der Waals surface area contributed by atoms with Crippen LogP contribution in [0.1, 0.15) is 49.7 Å². The van der Waals surface area contributed by atoms with Gasteiger partial charge in [0.1, 0.15) is 5.56 Å². The third-order valence-electron chi connectivity index (χ3n) is 5.11. The van der Waals surface area contributed by atoms with Crippen LogP contribution in [0.15, 0.2) is 22.7 Å². The van der Waals surface area contributed by atoms with Crippen LogP contribution in [0, 0.1) is 6.92 Å². The minimum atomic E-state index is -0.165. The number of hydrogen-bond donors (Lipinski definition) is 1. The third kappa shape index (κ3) is 4.47. The lowest BCUT2D eigenvalue weighted by Crippen LogP contribution is -2.34. The molecule has 1 amide bonds. The van der Waals surface area contributed by atoms with Crippen molar-refractivity contribution in [2.45, 2.75) is 46.6 Å². The molecule has 2 heterocycles. The van der Waals surface area contributed by atoms with Gasteiger partial charge in [0.25, 0.3) is 5.91 Å². The molecule has 28 heavy (non-hydrogen) atoms. The number of fused-ring (bicyclic) bond motifs is 1. The first kappa shape index (κ1) is 20.2. The van der Waals surface area contributed by atoms with Crippen LogP contribution < -0.4 is 14.8 Å². The highest BCUT2D eigenvalue weighted by Crippen LogP contribution is 2.37. The predicted octanol–water partition coefficient (Wildman–Crippen LogP) is 3.62. The van der Waals surface area contributed by atoms with Gasteiger partial charge in [-0.2, -0.15) is 0 Å². The number of aryl methyl sites for hydroxylation is 1. The number of nitrogens with zero attached hydrogens (tertiary/aromatic N) is 2. The van der Waals surface area contributed by atoms with Gasteiger partial charge in [0.05, 0.1) is 5.69 Å². The van der Waals surface area contributed by atoms with Crippen molar-refractivity contribution in [3.63, 3.8) is 0 Å². The molecule has 1 aliphatic rings. The summed E-state index contributed by atoms with van der Waals surface area (Å²) in [7, 11) is 0. The zero-order valence-electron chi connectivity index (χ0n) is 17.1. The molecule has 0 bridgehead atoms. The van der Waals surface area contributed by atoms with Crippen LogP contribution in [0.3, 0.4) is 0 Å². The normalized spacial score (nSPS) is 13.8. The zero-order valence-corrected chi connectivity index (χ0v) is 17.1. The molecule has 0 radical (unpaired) electrons. The van der Waals surface area contributed by atoms with E-state index < -0.39 is 0 Å². The Balaban J connectivity index is 1.67. The fourth-order valence-corrected chi connectivity index (χ4v) is 3.40. The smallest absolute Gasteiger partial charge is 0.257 e. The van der Waals surface area contributed by atoms with E-state index in [1.54, 1.807) is 6.92 Å². The number of carbonyl (C=O) groups is 1. The van der Waals surface area contributed by atoms with Crippen molar-refractivity contribution in [1.29, 1.82) is 0 Å². The average molecular weight is 387 g/mol. The molecule has 1 atom stereocenters. The van der Waals surface area contributed by atoms with E-state index in [1.807, 2.05) is 25.1 Å². The molecule has 1 aromatic heterocycles. The third-order valence-corrected chi connectivity index (χ3v) is 5.11. The number of benzene rings is 1. The first-order valence-electron chi connectivity index (χ1n) is 9.93. The van der Waals surface area contributed by atoms with Gasteiger partial charge in [-0.15, -0.1) is 0 Å². The van der Waals surface area contributed by atoms with Gasteiger partial charge in [-0.05, 0) is 64.5 Å². The molecule has 1 N–H and O–H groups in total. The molecule has 0 unspecified atom stereocenters. The van der Waals surface area contributed by atoms with Gasteiger partial charge < -0.3 is 24.2 Å². The molecule has 1 aliphatic heterocycles. The van der Waals surface area contributed by atoms with Crippen LogP contribution >= 0.6 is 0 Å². The molecular weight excluding hydrogens is 358 g/mol. The second kappa shape index (κ2) is 9.10. The van der Waals surface area contributed by atoms with Crippen molar-refractivity contribution in [3.8, 4) is 22.8 Å². The Bertz CT molecular complexity index is 814. The molecule has 3 rings (SSSR count). The topological polar surface area (TPSA) is 76.8 Å². The van der Waals surface area contributed by atoms with E-state index in [0.29, 0.717) is 28.5 Å². The number of hydrogen-bond acceptors (Lipinski definition) is 6. The number of rotatable bonds is 9. The lowest BCUT2D eigenvalue weighted by atomic mass is 10.0. The molecule has 0 fully saturated rings. The molecule has 0 saturated heterocycles. The summed E-state index contributed by atoms with van der Waals surface area (Å²) in [6.45, 7) is 11.5. The second-order valence-corrected chi connectivity index (χ2v) is 7.08. The van der Waals surface area contributed by atoms with Crippen molar-refractivity contribution < 1.29 is 18.8 Å². The first-order valence-corrected chi connectivity index (χ1v) is 9.93. The molecule has 0 aliphatic carbocycles.